The Balaban J connectivity index is 2.56. The molecule has 1 N–H and O–H groups in total. The predicted molar refractivity (Wildman–Crippen MR) is 74.4 cm³/mol. The molecule has 0 heterocycles. The quantitative estimate of drug-likeness (QED) is 0.728. The molecule has 0 aliphatic heterocycles. The highest BCUT2D eigenvalue weighted by Gasteiger charge is 2.01. The van der Waals surface area contributed by atoms with Crippen LogP contribution in [0.5, 0.6) is 5.75 Å². The Morgan fingerprint density at radius 1 is 1.29 bits per heavy atom. The molecule has 0 saturated carbocycles. The number of para-hydroxylation sites is 1. The van der Waals surface area contributed by atoms with Gasteiger partial charge in [0.05, 0.1) is 6.10 Å². The molecule has 0 aliphatic carbocycles. The first-order valence-electron chi connectivity index (χ1n) is 6.37. The second kappa shape index (κ2) is 7.91. The lowest BCUT2D eigenvalue weighted by atomic mass is 10.2. The third kappa shape index (κ3) is 5.55. The standard InChI is InChI=1S/C15H23NO/c1-4-11-16-12-7-9-14-8-5-6-10-15(14)17-13(2)3/h5-10,13,16H,4,11-12H2,1-3H3. The highest BCUT2D eigenvalue weighted by molar-refractivity contribution is 5.57. The van der Waals surface area contributed by atoms with Crippen LogP contribution >= 0.6 is 0 Å². The molecule has 0 saturated heterocycles. The maximum atomic E-state index is 5.75. The van der Waals surface area contributed by atoms with E-state index >= 15 is 0 Å². The number of nitrogens with one attached hydrogen (secondary N) is 1. The van der Waals surface area contributed by atoms with Crippen molar-refractivity contribution in [2.24, 2.45) is 0 Å². The molecule has 0 aromatic heterocycles. The molecule has 1 rings (SSSR count). The molecule has 0 unspecified atom stereocenters. The molecule has 0 amide bonds. The summed E-state index contributed by atoms with van der Waals surface area (Å²) in [7, 11) is 0. The van der Waals surface area contributed by atoms with Gasteiger partial charge in [-0.05, 0) is 32.9 Å². The highest BCUT2D eigenvalue weighted by atomic mass is 16.5. The van der Waals surface area contributed by atoms with E-state index in [1.807, 2.05) is 32.0 Å². The average molecular weight is 233 g/mol. The van der Waals surface area contributed by atoms with Crippen LogP contribution in [0.15, 0.2) is 30.3 Å². The maximum absolute atomic E-state index is 5.75. The summed E-state index contributed by atoms with van der Waals surface area (Å²) in [5, 5.41) is 3.34. The van der Waals surface area contributed by atoms with Crippen molar-refractivity contribution in [3.05, 3.63) is 35.9 Å². The second-order valence-electron chi connectivity index (χ2n) is 4.31. The van der Waals surface area contributed by atoms with Crippen molar-refractivity contribution in [3.8, 4) is 5.75 Å². The van der Waals surface area contributed by atoms with Crippen LogP contribution in [0.25, 0.3) is 6.08 Å². The van der Waals surface area contributed by atoms with Crippen LogP contribution in [0.2, 0.25) is 0 Å². The van der Waals surface area contributed by atoms with Crippen LogP contribution in [-0.4, -0.2) is 19.2 Å². The minimum absolute atomic E-state index is 0.211. The minimum atomic E-state index is 0.211. The molecule has 94 valence electrons. The fraction of sp³-hybridized carbons (Fsp3) is 0.467. The Labute approximate surface area is 105 Å². The molecule has 0 bridgehead atoms. The summed E-state index contributed by atoms with van der Waals surface area (Å²) >= 11 is 0. The van der Waals surface area contributed by atoms with E-state index in [1.54, 1.807) is 0 Å². The summed E-state index contributed by atoms with van der Waals surface area (Å²) in [6.45, 7) is 8.23. The Hall–Kier alpha value is -1.28. The van der Waals surface area contributed by atoms with Crippen molar-refractivity contribution in [2.75, 3.05) is 13.1 Å². The fourth-order valence-electron chi connectivity index (χ4n) is 1.53. The summed E-state index contributed by atoms with van der Waals surface area (Å²) in [5.41, 5.74) is 1.14. The molecule has 0 spiro atoms. The zero-order valence-electron chi connectivity index (χ0n) is 11.1. The summed E-state index contributed by atoms with van der Waals surface area (Å²) in [6, 6.07) is 8.13. The average Bonchev–Trinajstić information content (AvgIpc) is 2.30. The molecule has 1 aromatic carbocycles. The molecular formula is C15H23NO. The normalized spacial score (nSPS) is 11.3. The first-order valence-corrected chi connectivity index (χ1v) is 6.37. The predicted octanol–water partition coefficient (Wildman–Crippen LogP) is 3.49. The van der Waals surface area contributed by atoms with Crippen molar-refractivity contribution in [2.45, 2.75) is 33.3 Å². The molecule has 17 heavy (non-hydrogen) atoms. The monoisotopic (exact) mass is 233 g/mol. The van der Waals surface area contributed by atoms with E-state index in [4.69, 9.17) is 4.74 Å². The molecule has 0 atom stereocenters. The van der Waals surface area contributed by atoms with Crippen molar-refractivity contribution in [1.82, 2.24) is 5.32 Å². The third-order valence-corrected chi connectivity index (χ3v) is 2.27. The van der Waals surface area contributed by atoms with E-state index < -0.39 is 0 Å². The highest BCUT2D eigenvalue weighted by Crippen LogP contribution is 2.20. The smallest absolute Gasteiger partial charge is 0.126 e. The number of hydrogen-bond acceptors (Lipinski definition) is 2. The molecule has 1 aromatic rings. The Morgan fingerprint density at radius 3 is 2.76 bits per heavy atom. The fourth-order valence-corrected chi connectivity index (χ4v) is 1.53. The molecular weight excluding hydrogens is 210 g/mol. The number of rotatable bonds is 7. The van der Waals surface area contributed by atoms with E-state index in [-0.39, 0.29) is 6.10 Å². The Morgan fingerprint density at radius 2 is 2.06 bits per heavy atom. The lowest BCUT2D eigenvalue weighted by Crippen LogP contribution is -2.13. The van der Waals surface area contributed by atoms with Gasteiger partial charge in [-0.2, -0.15) is 0 Å². The van der Waals surface area contributed by atoms with Crippen LogP contribution < -0.4 is 10.1 Å². The van der Waals surface area contributed by atoms with E-state index in [1.165, 1.54) is 6.42 Å². The second-order valence-corrected chi connectivity index (χ2v) is 4.31. The van der Waals surface area contributed by atoms with Crippen molar-refractivity contribution in [3.63, 3.8) is 0 Å². The third-order valence-electron chi connectivity index (χ3n) is 2.27. The molecule has 0 fully saturated rings. The van der Waals surface area contributed by atoms with Gasteiger partial charge in [-0.25, -0.2) is 0 Å². The van der Waals surface area contributed by atoms with Gasteiger partial charge in [0.25, 0.3) is 0 Å². The van der Waals surface area contributed by atoms with Crippen molar-refractivity contribution in [1.29, 1.82) is 0 Å². The van der Waals surface area contributed by atoms with Gasteiger partial charge >= 0.3 is 0 Å². The summed E-state index contributed by atoms with van der Waals surface area (Å²) in [5.74, 6) is 0.953. The van der Waals surface area contributed by atoms with Crippen LogP contribution in [0.1, 0.15) is 32.8 Å². The molecule has 0 aliphatic rings. The van der Waals surface area contributed by atoms with Gasteiger partial charge in [0, 0.05) is 12.1 Å². The summed E-state index contributed by atoms with van der Waals surface area (Å²) < 4.78 is 5.75. The SMILES string of the molecule is CCCNCC=Cc1ccccc1OC(C)C. The lowest BCUT2D eigenvalue weighted by Gasteiger charge is -2.12. The van der Waals surface area contributed by atoms with Gasteiger partial charge in [0.2, 0.25) is 0 Å². The topological polar surface area (TPSA) is 21.3 Å². The molecule has 2 nitrogen and oxygen atoms in total. The largest absolute Gasteiger partial charge is 0.490 e. The Kier molecular flexibility index (Phi) is 6.41. The van der Waals surface area contributed by atoms with Crippen LogP contribution in [-0.2, 0) is 0 Å². The van der Waals surface area contributed by atoms with Gasteiger partial charge < -0.3 is 10.1 Å². The lowest BCUT2D eigenvalue weighted by molar-refractivity contribution is 0.242. The summed E-state index contributed by atoms with van der Waals surface area (Å²) in [4.78, 5) is 0. The molecule has 2 heteroatoms. The minimum Gasteiger partial charge on any atom is -0.490 e. The van der Waals surface area contributed by atoms with Crippen LogP contribution in [0, 0.1) is 0 Å². The van der Waals surface area contributed by atoms with Gasteiger partial charge in [-0.1, -0.05) is 37.3 Å². The maximum Gasteiger partial charge on any atom is 0.126 e. The molecule has 0 radical (unpaired) electrons. The van der Waals surface area contributed by atoms with E-state index in [9.17, 15) is 0 Å². The van der Waals surface area contributed by atoms with E-state index in [0.717, 1.165) is 24.4 Å². The van der Waals surface area contributed by atoms with Crippen LogP contribution in [0.3, 0.4) is 0 Å². The number of ether oxygens (including phenoxy) is 1. The van der Waals surface area contributed by atoms with Gasteiger partial charge in [0.1, 0.15) is 5.75 Å². The zero-order chi connectivity index (χ0) is 12.5. The first-order chi connectivity index (χ1) is 8.24. The number of benzene rings is 1. The first kappa shape index (κ1) is 13.8. The van der Waals surface area contributed by atoms with E-state index in [2.05, 4.69) is 30.5 Å². The van der Waals surface area contributed by atoms with Crippen molar-refractivity contribution < 1.29 is 4.74 Å². The van der Waals surface area contributed by atoms with Crippen molar-refractivity contribution >= 4 is 6.08 Å². The van der Waals surface area contributed by atoms with Gasteiger partial charge in [0.15, 0.2) is 0 Å². The van der Waals surface area contributed by atoms with Gasteiger partial charge in [-0.3, -0.25) is 0 Å². The zero-order valence-corrected chi connectivity index (χ0v) is 11.1. The van der Waals surface area contributed by atoms with E-state index in [0.29, 0.717) is 0 Å². The van der Waals surface area contributed by atoms with Gasteiger partial charge in [-0.15, -0.1) is 0 Å². The Bertz CT molecular complexity index is 345. The summed E-state index contributed by atoms with van der Waals surface area (Å²) in [6.07, 6.45) is 5.63. The number of hydrogen-bond donors (Lipinski definition) is 1. The van der Waals surface area contributed by atoms with Crippen LogP contribution in [0.4, 0.5) is 0 Å².